The first kappa shape index (κ1) is 14.0. The van der Waals surface area contributed by atoms with Gasteiger partial charge in [-0.2, -0.15) is 0 Å². The Bertz CT molecular complexity index is 540. The normalized spacial score (nSPS) is 27.0. The van der Waals surface area contributed by atoms with Gasteiger partial charge in [-0.05, 0) is 25.0 Å². The number of likely N-dealkylation sites (tertiary alicyclic amines) is 1. The summed E-state index contributed by atoms with van der Waals surface area (Å²) >= 11 is 0. The fourth-order valence-corrected chi connectivity index (χ4v) is 3.22. The first-order chi connectivity index (χ1) is 10.0. The van der Waals surface area contributed by atoms with Crippen LogP contribution in [0.5, 0.6) is 0 Å². The maximum Gasteiger partial charge on any atom is 0.319 e. The van der Waals surface area contributed by atoms with Crippen LogP contribution in [0.4, 0.5) is 4.79 Å². The van der Waals surface area contributed by atoms with E-state index < -0.39 is 0 Å². The average molecular weight is 291 g/mol. The van der Waals surface area contributed by atoms with Gasteiger partial charge in [0, 0.05) is 38.5 Å². The van der Waals surface area contributed by atoms with Gasteiger partial charge in [0.15, 0.2) is 0 Å². The summed E-state index contributed by atoms with van der Waals surface area (Å²) in [5, 5.41) is 2.92. The van der Waals surface area contributed by atoms with Gasteiger partial charge >= 0.3 is 6.03 Å². The largest absolute Gasteiger partial charge is 0.467 e. The quantitative estimate of drug-likeness (QED) is 0.912. The third kappa shape index (κ3) is 2.62. The third-order valence-electron chi connectivity index (χ3n) is 4.56. The van der Waals surface area contributed by atoms with Crippen LogP contribution in [0.3, 0.4) is 0 Å². The number of carbonyl (C=O) groups excluding carboxylic acids is 2. The highest BCUT2D eigenvalue weighted by Crippen LogP contribution is 2.58. The number of rotatable bonds is 3. The fraction of sp³-hybridized carbons (Fsp3) is 0.600. The summed E-state index contributed by atoms with van der Waals surface area (Å²) in [6, 6.07) is 3.69. The van der Waals surface area contributed by atoms with Crippen LogP contribution in [-0.2, 0) is 11.3 Å². The molecule has 0 aromatic carbocycles. The van der Waals surface area contributed by atoms with Crippen LogP contribution in [0.15, 0.2) is 22.8 Å². The van der Waals surface area contributed by atoms with Gasteiger partial charge in [0.05, 0.1) is 12.8 Å². The van der Waals surface area contributed by atoms with Gasteiger partial charge in [0.2, 0.25) is 5.91 Å². The number of nitrogens with zero attached hydrogens (tertiary/aromatic N) is 2. The molecule has 21 heavy (non-hydrogen) atoms. The minimum absolute atomic E-state index is 0.0128. The van der Waals surface area contributed by atoms with E-state index in [9.17, 15) is 9.59 Å². The van der Waals surface area contributed by atoms with Gasteiger partial charge in [0.1, 0.15) is 5.76 Å². The molecule has 6 heteroatoms. The van der Waals surface area contributed by atoms with E-state index in [1.54, 1.807) is 25.3 Å². The number of hydrogen-bond donors (Lipinski definition) is 1. The number of carbonyl (C=O) groups is 2. The van der Waals surface area contributed by atoms with E-state index in [0.29, 0.717) is 13.1 Å². The zero-order valence-electron chi connectivity index (χ0n) is 12.5. The predicted octanol–water partition coefficient (Wildman–Crippen LogP) is 1.29. The molecule has 0 bridgehead atoms. The second kappa shape index (κ2) is 5.09. The maximum absolute atomic E-state index is 12.2. The lowest BCUT2D eigenvalue weighted by atomic mass is 10.0. The molecule has 1 aliphatic carbocycles. The Morgan fingerprint density at radius 2 is 2.33 bits per heavy atom. The molecular weight excluding hydrogens is 270 g/mol. The lowest BCUT2D eigenvalue weighted by Gasteiger charge is -2.21. The molecule has 2 aliphatic rings. The van der Waals surface area contributed by atoms with Crippen LogP contribution in [0.2, 0.25) is 0 Å². The molecule has 1 saturated heterocycles. The Balaban J connectivity index is 1.51. The van der Waals surface area contributed by atoms with E-state index in [4.69, 9.17) is 4.42 Å². The molecule has 2 atom stereocenters. The van der Waals surface area contributed by atoms with Gasteiger partial charge in [-0.15, -0.1) is 0 Å². The highest BCUT2D eigenvalue weighted by Gasteiger charge is 2.61. The topological polar surface area (TPSA) is 65.8 Å². The summed E-state index contributed by atoms with van der Waals surface area (Å²) in [5.74, 6) is 0.867. The number of amides is 3. The van der Waals surface area contributed by atoms with Gasteiger partial charge in [-0.1, -0.05) is 0 Å². The van der Waals surface area contributed by atoms with E-state index >= 15 is 0 Å². The van der Waals surface area contributed by atoms with E-state index in [-0.39, 0.29) is 23.3 Å². The Hall–Kier alpha value is -1.98. The predicted molar refractivity (Wildman–Crippen MR) is 76.4 cm³/mol. The molecule has 114 valence electrons. The Kier molecular flexibility index (Phi) is 3.39. The molecule has 1 aromatic rings. The summed E-state index contributed by atoms with van der Waals surface area (Å²) in [7, 11) is 3.52. The third-order valence-corrected chi connectivity index (χ3v) is 4.56. The molecule has 1 spiro atoms. The highest BCUT2D eigenvalue weighted by molar-refractivity contribution is 5.83. The zero-order chi connectivity index (χ0) is 15.0. The molecule has 1 N–H and O–H groups in total. The Morgan fingerprint density at radius 3 is 3.00 bits per heavy atom. The Morgan fingerprint density at radius 1 is 1.52 bits per heavy atom. The summed E-state index contributed by atoms with van der Waals surface area (Å²) in [4.78, 5) is 27.6. The average Bonchev–Trinajstić information content (AvgIpc) is 2.83. The summed E-state index contributed by atoms with van der Waals surface area (Å²) in [5.41, 5.74) is 0.0128. The number of furan rings is 1. The van der Waals surface area contributed by atoms with E-state index in [1.807, 2.05) is 17.0 Å². The van der Waals surface area contributed by atoms with Crippen LogP contribution < -0.4 is 5.32 Å². The molecule has 2 fully saturated rings. The molecule has 3 rings (SSSR count). The van der Waals surface area contributed by atoms with E-state index in [2.05, 4.69) is 5.32 Å². The smallest absolute Gasteiger partial charge is 0.319 e. The molecule has 6 nitrogen and oxygen atoms in total. The van der Waals surface area contributed by atoms with E-state index in [0.717, 1.165) is 25.1 Å². The highest BCUT2D eigenvalue weighted by atomic mass is 16.3. The Labute approximate surface area is 124 Å². The minimum atomic E-state index is 0.0128. The fourth-order valence-electron chi connectivity index (χ4n) is 3.22. The van der Waals surface area contributed by atoms with Crippen molar-refractivity contribution in [3.05, 3.63) is 24.2 Å². The van der Waals surface area contributed by atoms with Crippen molar-refractivity contribution in [1.82, 2.24) is 15.1 Å². The standard InChI is InChI=1S/C15H21N3O3/c1-17(2)14(20)18-6-5-15(10-18)8-12(15)13(19)16-9-11-4-3-7-21-11/h3-4,7,12H,5-6,8-10H2,1-2H3,(H,16,19). The van der Waals surface area contributed by atoms with Crippen LogP contribution >= 0.6 is 0 Å². The summed E-state index contributed by atoms with van der Waals surface area (Å²) in [6.07, 6.45) is 3.40. The first-order valence-corrected chi connectivity index (χ1v) is 7.28. The van der Waals surface area contributed by atoms with Crippen molar-refractivity contribution in [2.45, 2.75) is 19.4 Å². The molecule has 1 aliphatic heterocycles. The lowest BCUT2D eigenvalue weighted by Crippen LogP contribution is -2.38. The second-order valence-electron chi connectivity index (χ2n) is 6.26. The summed E-state index contributed by atoms with van der Waals surface area (Å²) in [6.45, 7) is 1.88. The van der Waals surface area contributed by atoms with Crippen molar-refractivity contribution in [2.75, 3.05) is 27.2 Å². The van der Waals surface area contributed by atoms with Gasteiger partial charge < -0.3 is 19.5 Å². The van der Waals surface area contributed by atoms with Crippen LogP contribution in [-0.4, -0.2) is 48.9 Å². The maximum atomic E-state index is 12.2. The molecule has 3 amide bonds. The lowest BCUT2D eigenvalue weighted by molar-refractivity contribution is -0.123. The minimum Gasteiger partial charge on any atom is -0.467 e. The van der Waals surface area contributed by atoms with Crippen molar-refractivity contribution >= 4 is 11.9 Å². The van der Waals surface area contributed by atoms with Crippen molar-refractivity contribution in [3.63, 3.8) is 0 Å². The van der Waals surface area contributed by atoms with Gasteiger partial charge in [0.25, 0.3) is 0 Å². The van der Waals surface area contributed by atoms with Gasteiger partial charge in [-0.3, -0.25) is 4.79 Å². The van der Waals surface area contributed by atoms with Crippen molar-refractivity contribution in [3.8, 4) is 0 Å². The molecule has 2 heterocycles. The van der Waals surface area contributed by atoms with Crippen LogP contribution in [0.1, 0.15) is 18.6 Å². The van der Waals surface area contributed by atoms with E-state index in [1.165, 1.54) is 0 Å². The van der Waals surface area contributed by atoms with Crippen LogP contribution in [0, 0.1) is 11.3 Å². The monoisotopic (exact) mass is 291 g/mol. The number of hydrogen-bond acceptors (Lipinski definition) is 3. The van der Waals surface area contributed by atoms with Crippen molar-refractivity contribution in [2.24, 2.45) is 11.3 Å². The SMILES string of the molecule is CN(C)C(=O)N1CCC2(CC2C(=O)NCc2ccco2)C1. The molecular formula is C15H21N3O3. The zero-order valence-corrected chi connectivity index (χ0v) is 12.5. The molecule has 0 radical (unpaired) electrons. The number of nitrogens with one attached hydrogen (secondary N) is 1. The summed E-state index contributed by atoms with van der Waals surface area (Å²) < 4.78 is 5.20. The molecule has 2 unspecified atom stereocenters. The van der Waals surface area contributed by atoms with Crippen molar-refractivity contribution < 1.29 is 14.0 Å². The van der Waals surface area contributed by atoms with Gasteiger partial charge in [-0.25, -0.2) is 4.79 Å². The van der Waals surface area contributed by atoms with Crippen molar-refractivity contribution in [1.29, 1.82) is 0 Å². The number of urea groups is 1. The molecule has 1 aromatic heterocycles. The first-order valence-electron chi connectivity index (χ1n) is 7.28. The van der Waals surface area contributed by atoms with Crippen LogP contribution in [0.25, 0.3) is 0 Å². The second-order valence-corrected chi connectivity index (χ2v) is 6.26. The molecule has 1 saturated carbocycles.